The van der Waals surface area contributed by atoms with Crippen molar-refractivity contribution in [1.82, 2.24) is 5.32 Å². The van der Waals surface area contributed by atoms with E-state index in [1.165, 1.54) is 7.11 Å². The molecular weight excluding hydrogens is 295 g/mol. The van der Waals surface area contributed by atoms with Crippen LogP contribution in [0.25, 0.3) is 0 Å². The summed E-state index contributed by atoms with van der Waals surface area (Å²) >= 11 is 0. The predicted molar refractivity (Wildman–Crippen MR) is 75.3 cm³/mol. The minimum atomic E-state index is -1.66. The van der Waals surface area contributed by atoms with Gasteiger partial charge in [0.15, 0.2) is 17.5 Å². The van der Waals surface area contributed by atoms with Crippen molar-refractivity contribution in [3.63, 3.8) is 0 Å². The van der Waals surface area contributed by atoms with Gasteiger partial charge in [-0.15, -0.1) is 0 Å². The highest BCUT2D eigenvalue weighted by Crippen LogP contribution is 2.18. The van der Waals surface area contributed by atoms with Gasteiger partial charge in [0, 0.05) is 6.54 Å². The largest absolute Gasteiger partial charge is 0.496 e. The summed E-state index contributed by atoms with van der Waals surface area (Å²) in [4.78, 5) is 11.8. The number of halogens is 3. The van der Waals surface area contributed by atoms with Crippen molar-refractivity contribution in [3.05, 3.63) is 65.0 Å². The molecule has 0 aliphatic heterocycles. The molecule has 0 aromatic heterocycles. The summed E-state index contributed by atoms with van der Waals surface area (Å²) in [5.74, 6) is -4.60. The maximum atomic E-state index is 13.5. The molecule has 116 valence electrons. The van der Waals surface area contributed by atoms with Crippen molar-refractivity contribution in [1.29, 1.82) is 0 Å². The second-order valence-electron chi connectivity index (χ2n) is 4.54. The number of methoxy groups -OCH3 is 1. The molecule has 1 N–H and O–H groups in total. The van der Waals surface area contributed by atoms with Gasteiger partial charge in [0.05, 0.1) is 12.7 Å². The number of amides is 1. The third-order valence-corrected chi connectivity index (χ3v) is 3.15. The molecule has 2 aromatic rings. The smallest absolute Gasteiger partial charge is 0.254 e. The maximum absolute atomic E-state index is 13.5. The van der Waals surface area contributed by atoms with Gasteiger partial charge in [0.25, 0.3) is 5.91 Å². The molecule has 0 aliphatic rings. The fourth-order valence-corrected chi connectivity index (χ4v) is 2.02. The summed E-state index contributed by atoms with van der Waals surface area (Å²) in [5, 5.41) is 2.46. The summed E-state index contributed by atoms with van der Waals surface area (Å²) in [5.41, 5.74) is 0.343. The highest BCUT2D eigenvalue weighted by atomic mass is 19.2. The first-order valence-electron chi connectivity index (χ1n) is 6.58. The Kier molecular flexibility index (Phi) is 5.04. The number of para-hydroxylation sites is 1. The van der Waals surface area contributed by atoms with Crippen LogP contribution < -0.4 is 10.1 Å². The monoisotopic (exact) mass is 309 g/mol. The third kappa shape index (κ3) is 3.39. The van der Waals surface area contributed by atoms with E-state index in [1.54, 1.807) is 6.07 Å². The number of ether oxygens (including phenoxy) is 1. The first-order valence-corrected chi connectivity index (χ1v) is 6.58. The lowest BCUT2D eigenvalue weighted by molar-refractivity contribution is 0.0948. The second-order valence-corrected chi connectivity index (χ2v) is 4.54. The molecule has 2 aromatic carbocycles. The summed E-state index contributed by atoms with van der Waals surface area (Å²) in [7, 11) is 1.54. The van der Waals surface area contributed by atoms with Crippen molar-refractivity contribution in [2.45, 2.75) is 6.42 Å². The number of rotatable bonds is 5. The van der Waals surface area contributed by atoms with E-state index in [-0.39, 0.29) is 6.54 Å². The topological polar surface area (TPSA) is 38.3 Å². The van der Waals surface area contributed by atoms with E-state index in [1.807, 2.05) is 18.2 Å². The standard InChI is InChI=1S/C16H14F3NO2/c1-22-13-5-3-2-4-10(13)8-9-20-16(21)11-6-7-12(17)15(19)14(11)18/h2-7H,8-9H2,1H3,(H,20,21). The van der Waals surface area contributed by atoms with E-state index in [2.05, 4.69) is 5.32 Å². The molecule has 6 heteroatoms. The Morgan fingerprint density at radius 1 is 1.09 bits per heavy atom. The molecule has 0 atom stereocenters. The molecule has 0 unspecified atom stereocenters. The fraction of sp³-hybridized carbons (Fsp3) is 0.188. The lowest BCUT2D eigenvalue weighted by Crippen LogP contribution is -2.27. The first-order chi connectivity index (χ1) is 10.5. The van der Waals surface area contributed by atoms with Crippen molar-refractivity contribution in [2.75, 3.05) is 13.7 Å². The van der Waals surface area contributed by atoms with Gasteiger partial charge in [0.1, 0.15) is 5.75 Å². The fourth-order valence-electron chi connectivity index (χ4n) is 2.02. The molecule has 1 amide bonds. The molecule has 0 fully saturated rings. The van der Waals surface area contributed by atoms with Gasteiger partial charge < -0.3 is 10.1 Å². The number of benzene rings is 2. The summed E-state index contributed by atoms with van der Waals surface area (Å²) in [6.07, 6.45) is 0.459. The van der Waals surface area contributed by atoms with Crippen molar-refractivity contribution < 1.29 is 22.7 Å². The van der Waals surface area contributed by atoms with Crippen LogP contribution in [0.15, 0.2) is 36.4 Å². The molecule has 0 bridgehead atoms. The normalized spacial score (nSPS) is 10.4. The Hall–Kier alpha value is -2.50. The van der Waals surface area contributed by atoms with Crippen LogP contribution in [0.2, 0.25) is 0 Å². The predicted octanol–water partition coefficient (Wildman–Crippen LogP) is 3.09. The van der Waals surface area contributed by atoms with Gasteiger partial charge >= 0.3 is 0 Å². The second kappa shape index (κ2) is 6.98. The van der Waals surface area contributed by atoms with E-state index >= 15 is 0 Å². The molecule has 0 aliphatic carbocycles. The number of carbonyl (C=O) groups excluding carboxylic acids is 1. The highest BCUT2D eigenvalue weighted by molar-refractivity contribution is 5.94. The van der Waals surface area contributed by atoms with E-state index in [0.717, 1.165) is 11.6 Å². The van der Waals surface area contributed by atoms with Gasteiger partial charge in [-0.05, 0) is 30.2 Å². The Balaban J connectivity index is 2.00. The molecule has 22 heavy (non-hydrogen) atoms. The Bertz CT molecular complexity index is 689. The Labute approximate surface area is 125 Å². The van der Waals surface area contributed by atoms with Gasteiger partial charge in [-0.2, -0.15) is 0 Å². The average Bonchev–Trinajstić information content (AvgIpc) is 2.53. The molecule has 0 radical (unpaired) electrons. The zero-order valence-electron chi connectivity index (χ0n) is 11.8. The van der Waals surface area contributed by atoms with E-state index < -0.39 is 28.9 Å². The lowest BCUT2D eigenvalue weighted by atomic mass is 10.1. The Morgan fingerprint density at radius 3 is 2.55 bits per heavy atom. The van der Waals surface area contributed by atoms with Crippen LogP contribution in [0.5, 0.6) is 5.75 Å². The van der Waals surface area contributed by atoms with E-state index in [4.69, 9.17) is 4.74 Å². The van der Waals surface area contributed by atoms with Crippen LogP contribution in [0.1, 0.15) is 15.9 Å². The molecule has 2 rings (SSSR count). The van der Waals surface area contributed by atoms with Gasteiger partial charge in [-0.1, -0.05) is 18.2 Å². The van der Waals surface area contributed by atoms with Crippen LogP contribution in [-0.2, 0) is 6.42 Å². The van der Waals surface area contributed by atoms with E-state index in [0.29, 0.717) is 18.2 Å². The van der Waals surface area contributed by atoms with Crippen LogP contribution in [0, 0.1) is 17.5 Å². The summed E-state index contributed by atoms with van der Waals surface area (Å²) < 4.78 is 44.6. The number of carbonyl (C=O) groups is 1. The van der Waals surface area contributed by atoms with Crippen LogP contribution >= 0.6 is 0 Å². The zero-order chi connectivity index (χ0) is 16.1. The van der Waals surface area contributed by atoms with Crippen molar-refractivity contribution in [3.8, 4) is 5.75 Å². The molecule has 3 nitrogen and oxygen atoms in total. The minimum Gasteiger partial charge on any atom is -0.496 e. The van der Waals surface area contributed by atoms with Crippen molar-refractivity contribution in [2.24, 2.45) is 0 Å². The van der Waals surface area contributed by atoms with Gasteiger partial charge in [-0.3, -0.25) is 4.79 Å². The Morgan fingerprint density at radius 2 is 1.82 bits per heavy atom. The first kappa shape index (κ1) is 15.9. The van der Waals surface area contributed by atoms with Gasteiger partial charge in [0.2, 0.25) is 0 Å². The average molecular weight is 309 g/mol. The summed E-state index contributed by atoms with van der Waals surface area (Å²) in [6.45, 7) is 0.206. The highest BCUT2D eigenvalue weighted by Gasteiger charge is 2.18. The molecule has 0 heterocycles. The van der Waals surface area contributed by atoms with Crippen LogP contribution in [0.3, 0.4) is 0 Å². The van der Waals surface area contributed by atoms with Crippen LogP contribution in [-0.4, -0.2) is 19.6 Å². The van der Waals surface area contributed by atoms with Crippen LogP contribution in [0.4, 0.5) is 13.2 Å². The van der Waals surface area contributed by atoms with E-state index in [9.17, 15) is 18.0 Å². The number of hydrogen-bond acceptors (Lipinski definition) is 2. The zero-order valence-corrected chi connectivity index (χ0v) is 11.8. The lowest BCUT2D eigenvalue weighted by Gasteiger charge is -2.09. The molecule has 0 spiro atoms. The number of nitrogens with one attached hydrogen (secondary N) is 1. The quantitative estimate of drug-likeness (QED) is 0.862. The SMILES string of the molecule is COc1ccccc1CCNC(=O)c1ccc(F)c(F)c1F. The third-order valence-electron chi connectivity index (χ3n) is 3.15. The molecular formula is C16H14F3NO2. The summed E-state index contributed by atoms with van der Waals surface area (Å²) in [6, 6.07) is 8.89. The van der Waals surface area contributed by atoms with Crippen molar-refractivity contribution >= 4 is 5.91 Å². The maximum Gasteiger partial charge on any atom is 0.254 e. The molecule has 0 saturated carbocycles. The number of hydrogen-bond donors (Lipinski definition) is 1. The molecule has 0 saturated heterocycles. The van der Waals surface area contributed by atoms with Gasteiger partial charge in [-0.25, -0.2) is 13.2 Å². The minimum absolute atomic E-state index is 0.206.